The van der Waals surface area contributed by atoms with Gasteiger partial charge >= 0.3 is 0 Å². The molecule has 5 nitrogen and oxygen atoms in total. The molecule has 1 aromatic carbocycles. The molecule has 22 heavy (non-hydrogen) atoms. The monoisotopic (exact) mass is 319 g/mol. The number of nitrogens with one attached hydrogen (secondary N) is 1. The van der Waals surface area contributed by atoms with E-state index in [9.17, 15) is 9.90 Å². The Morgan fingerprint density at radius 2 is 2.14 bits per heavy atom. The Morgan fingerprint density at radius 1 is 1.36 bits per heavy atom. The Balaban J connectivity index is 1.59. The van der Waals surface area contributed by atoms with Gasteiger partial charge in [-0.1, -0.05) is 18.2 Å². The quantitative estimate of drug-likeness (QED) is 0.903. The molecule has 0 radical (unpaired) electrons. The third kappa shape index (κ3) is 3.08. The van der Waals surface area contributed by atoms with Gasteiger partial charge in [-0.25, -0.2) is 0 Å². The molecule has 0 saturated carbocycles. The van der Waals surface area contributed by atoms with Crippen LogP contribution >= 0.6 is 11.3 Å². The average molecular weight is 319 g/mol. The van der Waals surface area contributed by atoms with Crippen molar-refractivity contribution in [2.75, 3.05) is 13.2 Å². The van der Waals surface area contributed by atoms with Crippen molar-refractivity contribution in [3.8, 4) is 11.5 Å². The van der Waals surface area contributed by atoms with Gasteiger partial charge in [0.15, 0.2) is 11.5 Å². The summed E-state index contributed by atoms with van der Waals surface area (Å²) < 4.78 is 11.1. The molecule has 1 amide bonds. The summed E-state index contributed by atoms with van der Waals surface area (Å²) in [7, 11) is 0. The lowest BCUT2D eigenvalue weighted by atomic mass is 10.1. The number of rotatable bonds is 4. The molecule has 2 aromatic rings. The molecule has 1 aliphatic rings. The molecule has 2 heterocycles. The van der Waals surface area contributed by atoms with Gasteiger partial charge in [-0.05, 0) is 30.5 Å². The fraction of sp³-hybridized carbons (Fsp3) is 0.312. The zero-order chi connectivity index (χ0) is 15.6. The molecule has 6 heteroatoms. The number of thiophene rings is 1. The smallest absolute Gasteiger partial charge is 0.264 e. The highest BCUT2D eigenvalue weighted by Gasteiger charge is 2.30. The van der Waals surface area contributed by atoms with E-state index in [4.69, 9.17) is 9.47 Å². The fourth-order valence-electron chi connectivity index (χ4n) is 2.19. The van der Waals surface area contributed by atoms with Crippen molar-refractivity contribution in [1.82, 2.24) is 5.32 Å². The molecule has 1 aromatic heterocycles. The lowest BCUT2D eigenvalue weighted by molar-refractivity contribution is -0.131. The third-order valence-electron chi connectivity index (χ3n) is 3.46. The van der Waals surface area contributed by atoms with Crippen LogP contribution in [0.4, 0.5) is 0 Å². The summed E-state index contributed by atoms with van der Waals surface area (Å²) in [6.07, 6.45) is -0.714. The number of carbonyl (C=O) groups is 1. The first-order valence-corrected chi connectivity index (χ1v) is 7.87. The minimum atomic E-state index is -1.10. The molecular formula is C16H17NO4S. The zero-order valence-electron chi connectivity index (χ0n) is 12.1. The lowest BCUT2D eigenvalue weighted by Gasteiger charge is -2.27. The predicted molar refractivity (Wildman–Crippen MR) is 83.3 cm³/mol. The second kappa shape index (κ2) is 5.98. The van der Waals surface area contributed by atoms with Crippen LogP contribution in [0.25, 0.3) is 0 Å². The third-order valence-corrected chi connectivity index (χ3v) is 4.58. The molecule has 0 spiro atoms. The van der Waals surface area contributed by atoms with Crippen molar-refractivity contribution < 1.29 is 19.4 Å². The summed E-state index contributed by atoms with van der Waals surface area (Å²) in [5, 5.41) is 15.0. The second-order valence-corrected chi connectivity index (χ2v) is 6.28. The highest BCUT2D eigenvalue weighted by atomic mass is 32.1. The van der Waals surface area contributed by atoms with Crippen molar-refractivity contribution >= 4 is 17.2 Å². The van der Waals surface area contributed by atoms with E-state index >= 15 is 0 Å². The lowest BCUT2D eigenvalue weighted by Crippen LogP contribution is -2.47. The highest BCUT2D eigenvalue weighted by molar-refractivity contribution is 7.10. The summed E-state index contributed by atoms with van der Waals surface area (Å²) in [5.74, 6) is 0.891. The Labute approximate surface area is 132 Å². The van der Waals surface area contributed by atoms with Crippen LogP contribution in [-0.4, -0.2) is 30.3 Å². The molecule has 116 valence electrons. The van der Waals surface area contributed by atoms with Gasteiger partial charge < -0.3 is 19.9 Å². The summed E-state index contributed by atoms with van der Waals surface area (Å²) in [4.78, 5) is 13.0. The molecule has 0 saturated heterocycles. The van der Waals surface area contributed by atoms with Crippen molar-refractivity contribution in [3.63, 3.8) is 0 Å². The van der Waals surface area contributed by atoms with E-state index in [0.29, 0.717) is 11.5 Å². The van der Waals surface area contributed by atoms with Gasteiger partial charge in [0.1, 0.15) is 12.2 Å². The van der Waals surface area contributed by atoms with Gasteiger partial charge in [0.05, 0.1) is 6.54 Å². The molecule has 0 bridgehead atoms. The first kappa shape index (κ1) is 14.9. The number of fused-ring (bicyclic) bond motifs is 1. The number of ether oxygens (including phenoxy) is 2. The summed E-state index contributed by atoms with van der Waals surface area (Å²) in [5.41, 5.74) is -1.10. The van der Waals surface area contributed by atoms with E-state index in [1.165, 1.54) is 11.3 Å². The summed E-state index contributed by atoms with van der Waals surface area (Å²) in [6, 6.07) is 10.9. The number of benzene rings is 1. The van der Waals surface area contributed by atoms with Crippen LogP contribution in [0, 0.1) is 0 Å². The number of hydrogen-bond acceptors (Lipinski definition) is 5. The van der Waals surface area contributed by atoms with E-state index in [1.54, 1.807) is 19.1 Å². The SMILES string of the molecule is C[C@](O)(CNC(=O)[C@@H]1COc2ccccc2O1)c1cccs1. The van der Waals surface area contributed by atoms with Gasteiger partial charge in [-0.3, -0.25) is 4.79 Å². The first-order valence-electron chi connectivity index (χ1n) is 6.99. The van der Waals surface area contributed by atoms with Crippen molar-refractivity contribution in [1.29, 1.82) is 0 Å². The Morgan fingerprint density at radius 3 is 2.86 bits per heavy atom. The minimum Gasteiger partial charge on any atom is -0.485 e. The maximum Gasteiger partial charge on any atom is 0.264 e. The van der Waals surface area contributed by atoms with Gasteiger partial charge in [0.25, 0.3) is 5.91 Å². The molecule has 0 unspecified atom stereocenters. The molecule has 2 atom stereocenters. The normalized spacial score (nSPS) is 19.3. The van der Waals surface area contributed by atoms with E-state index in [2.05, 4.69) is 5.32 Å². The van der Waals surface area contributed by atoms with Gasteiger partial charge in [-0.15, -0.1) is 11.3 Å². The van der Waals surface area contributed by atoms with Crippen LogP contribution in [0.5, 0.6) is 11.5 Å². The molecule has 0 fully saturated rings. The molecule has 0 aliphatic carbocycles. The predicted octanol–water partition coefficient (Wildman–Crippen LogP) is 1.91. The van der Waals surface area contributed by atoms with Crippen LogP contribution in [0.2, 0.25) is 0 Å². The maximum absolute atomic E-state index is 12.2. The largest absolute Gasteiger partial charge is 0.485 e. The number of carbonyl (C=O) groups excluding carboxylic acids is 1. The van der Waals surface area contributed by atoms with Crippen molar-refractivity contribution in [2.45, 2.75) is 18.6 Å². The molecule has 1 aliphatic heterocycles. The highest BCUT2D eigenvalue weighted by Crippen LogP contribution is 2.31. The summed E-state index contributed by atoms with van der Waals surface area (Å²) in [6.45, 7) is 1.95. The first-order chi connectivity index (χ1) is 10.6. The fourth-order valence-corrected chi connectivity index (χ4v) is 2.98. The number of amides is 1. The Hall–Kier alpha value is -2.05. The summed E-state index contributed by atoms with van der Waals surface area (Å²) >= 11 is 1.45. The molecule has 3 rings (SSSR count). The van der Waals surface area contributed by atoms with Gasteiger partial charge in [0.2, 0.25) is 6.10 Å². The topological polar surface area (TPSA) is 67.8 Å². The Bertz CT molecular complexity index is 654. The average Bonchev–Trinajstić information content (AvgIpc) is 3.07. The van der Waals surface area contributed by atoms with E-state index in [-0.39, 0.29) is 19.1 Å². The maximum atomic E-state index is 12.2. The Kier molecular flexibility index (Phi) is 4.04. The van der Waals surface area contributed by atoms with Crippen LogP contribution in [0.15, 0.2) is 41.8 Å². The number of hydrogen-bond donors (Lipinski definition) is 2. The van der Waals surface area contributed by atoms with Gasteiger partial charge in [-0.2, -0.15) is 0 Å². The second-order valence-electron chi connectivity index (χ2n) is 5.33. The van der Waals surface area contributed by atoms with Crippen LogP contribution in [0.1, 0.15) is 11.8 Å². The van der Waals surface area contributed by atoms with E-state index < -0.39 is 11.7 Å². The minimum absolute atomic E-state index is 0.119. The standard InChI is InChI=1S/C16H17NO4S/c1-16(19,14-7-4-8-22-14)10-17-15(18)13-9-20-11-5-2-3-6-12(11)21-13/h2-8,13,19H,9-10H2,1H3,(H,17,18)/t13-,16-/m0/s1. The molecule has 2 N–H and O–H groups in total. The van der Waals surface area contributed by atoms with Crippen molar-refractivity contribution in [3.05, 3.63) is 46.7 Å². The van der Waals surface area contributed by atoms with E-state index in [1.807, 2.05) is 29.6 Å². The van der Waals surface area contributed by atoms with Crippen LogP contribution < -0.4 is 14.8 Å². The number of aliphatic hydroxyl groups is 1. The van der Waals surface area contributed by atoms with Crippen LogP contribution in [-0.2, 0) is 10.4 Å². The number of para-hydroxylation sites is 2. The molecular weight excluding hydrogens is 302 g/mol. The zero-order valence-corrected chi connectivity index (χ0v) is 12.9. The van der Waals surface area contributed by atoms with Crippen molar-refractivity contribution in [2.24, 2.45) is 0 Å². The van der Waals surface area contributed by atoms with E-state index in [0.717, 1.165) is 4.88 Å². The van der Waals surface area contributed by atoms with Gasteiger partial charge in [0, 0.05) is 4.88 Å². The van der Waals surface area contributed by atoms with Crippen LogP contribution in [0.3, 0.4) is 0 Å².